The number of amides is 1. The summed E-state index contributed by atoms with van der Waals surface area (Å²) in [5.74, 6) is 0.509. The second-order valence-electron chi connectivity index (χ2n) is 4.27. The van der Waals surface area contributed by atoms with E-state index in [0.717, 1.165) is 18.4 Å². The van der Waals surface area contributed by atoms with Gasteiger partial charge in [0.05, 0.1) is 12.0 Å². The van der Waals surface area contributed by atoms with Gasteiger partial charge in [-0.15, -0.1) is 11.6 Å². The first kappa shape index (κ1) is 11.7. The highest BCUT2D eigenvalue weighted by atomic mass is 35.5. The average Bonchev–Trinajstić information content (AvgIpc) is 2.98. The molecule has 86 valence electrons. The van der Waals surface area contributed by atoms with Crippen LogP contribution in [0.3, 0.4) is 0 Å². The Morgan fingerprint density at radius 1 is 1.44 bits per heavy atom. The Morgan fingerprint density at radius 3 is 2.75 bits per heavy atom. The maximum absolute atomic E-state index is 11.7. The molecule has 0 saturated heterocycles. The van der Waals surface area contributed by atoms with Crippen molar-refractivity contribution in [3.8, 4) is 0 Å². The number of hydrogen-bond donors (Lipinski definition) is 1. The van der Waals surface area contributed by atoms with Crippen LogP contribution in [0.25, 0.3) is 0 Å². The van der Waals surface area contributed by atoms with Crippen molar-refractivity contribution in [1.82, 2.24) is 5.32 Å². The van der Waals surface area contributed by atoms with Crippen LogP contribution in [0.15, 0.2) is 24.3 Å². The SMILES string of the molecule is O=C(Cc1cccc(Cl)c1)NC1(CCl)CC1. The van der Waals surface area contributed by atoms with Crippen LogP contribution in [-0.2, 0) is 11.2 Å². The lowest BCUT2D eigenvalue weighted by molar-refractivity contribution is -0.121. The van der Waals surface area contributed by atoms with E-state index in [1.165, 1.54) is 0 Å². The summed E-state index contributed by atoms with van der Waals surface area (Å²) in [5, 5.41) is 3.63. The zero-order valence-corrected chi connectivity index (χ0v) is 10.3. The topological polar surface area (TPSA) is 29.1 Å². The van der Waals surface area contributed by atoms with Gasteiger partial charge in [-0.3, -0.25) is 4.79 Å². The summed E-state index contributed by atoms with van der Waals surface area (Å²) in [6.45, 7) is 0. The Labute approximate surface area is 105 Å². The van der Waals surface area contributed by atoms with Gasteiger partial charge >= 0.3 is 0 Å². The summed E-state index contributed by atoms with van der Waals surface area (Å²) in [4.78, 5) is 11.7. The lowest BCUT2D eigenvalue weighted by Gasteiger charge is -2.13. The molecule has 0 heterocycles. The minimum Gasteiger partial charge on any atom is -0.349 e. The Kier molecular flexibility index (Phi) is 3.41. The molecule has 16 heavy (non-hydrogen) atoms. The number of carbonyl (C=O) groups excluding carboxylic acids is 1. The largest absolute Gasteiger partial charge is 0.349 e. The highest BCUT2D eigenvalue weighted by Gasteiger charge is 2.42. The number of rotatable bonds is 4. The van der Waals surface area contributed by atoms with Gasteiger partial charge in [-0.25, -0.2) is 0 Å². The van der Waals surface area contributed by atoms with Crippen molar-refractivity contribution in [3.63, 3.8) is 0 Å². The molecule has 4 heteroatoms. The molecule has 0 spiro atoms. The van der Waals surface area contributed by atoms with Crippen molar-refractivity contribution in [3.05, 3.63) is 34.9 Å². The fraction of sp³-hybridized carbons (Fsp3) is 0.417. The van der Waals surface area contributed by atoms with Crippen molar-refractivity contribution in [2.24, 2.45) is 0 Å². The number of hydrogen-bond acceptors (Lipinski definition) is 1. The zero-order chi connectivity index (χ0) is 11.6. The first-order chi connectivity index (χ1) is 7.63. The molecule has 0 aromatic heterocycles. The number of benzene rings is 1. The van der Waals surface area contributed by atoms with Crippen LogP contribution < -0.4 is 5.32 Å². The van der Waals surface area contributed by atoms with Crippen molar-refractivity contribution in [2.75, 3.05) is 5.88 Å². The van der Waals surface area contributed by atoms with Gasteiger partial charge in [-0.1, -0.05) is 23.7 Å². The fourth-order valence-electron chi connectivity index (χ4n) is 1.62. The summed E-state index contributed by atoms with van der Waals surface area (Å²) < 4.78 is 0. The quantitative estimate of drug-likeness (QED) is 0.826. The minimum atomic E-state index is -0.128. The maximum atomic E-state index is 11.7. The molecule has 1 fully saturated rings. The van der Waals surface area contributed by atoms with Gasteiger partial charge in [-0.05, 0) is 30.5 Å². The van der Waals surface area contributed by atoms with Crippen LogP contribution in [0.5, 0.6) is 0 Å². The van der Waals surface area contributed by atoms with Gasteiger partial charge in [0.15, 0.2) is 0 Å². The number of nitrogens with one attached hydrogen (secondary N) is 1. The lowest BCUT2D eigenvalue weighted by Crippen LogP contribution is -2.39. The molecule has 1 aliphatic rings. The van der Waals surface area contributed by atoms with Crippen molar-refractivity contribution in [1.29, 1.82) is 0 Å². The maximum Gasteiger partial charge on any atom is 0.224 e. The van der Waals surface area contributed by atoms with Gasteiger partial charge in [0.25, 0.3) is 0 Å². The van der Waals surface area contributed by atoms with Crippen molar-refractivity contribution in [2.45, 2.75) is 24.8 Å². The summed E-state index contributed by atoms with van der Waals surface area (Å²) in [7, 11) is 0. The molecule has 1 aromatic carbocycles. The summed E-state index contributed by atoms with van der Waals surface area (Å²) >= 11 is 11.6. The normalized spacial score (nSPS) is 16.9. The lowest BCUT2D eigenvalue weighted by atomic mass is 10.1. The molecular weight excluding hydrogens is 245 g/mol. The molecule has 0 bridgehead atoms. The van der Waals surface area contributed by atoms with E-state index in [-0.39, 0.29) is 11.4 Å². The molecule has 1 saturated carbocycles. The van der Waals surface area contributed by atoms with E-state index in [1.54, 1.807) is 12.1 Å². The van der Waals surface area contributed by atoms with Gasteiger partial charge in [-0.2, -0.15) is 0 Å². The molecule has 1 amide bonds. The third-order valence-electron chi connectivity index (χ3n) is 2.77. The standard InChI is InChI=1S/C12H13Cl2NO/c13-8-12(4-5-12)15-11(16)7-9-2-1-3-10(14)6-9/h1-3,6H,4-5,7-8H2,(H,15,16). The third kappa shape index (κ3) is 2.89. The second kappa shape index (κ2) is 4.64. The highest BCUT2D eigenvalue weighted by molar-refractivity contribution is 6.30. The Balaban J connectivity index is 1.92. The van der Waals surface area contributed by atoms with E-state index >= 15 is 0 Å². The Bertz CT molecular complexity index is 402. The van der Waals surface area contributed by atoms with Crippen LogP contribution in [0.1, 0.15) is 18.4 Å². The summed E-state index contributed by atoms with van der Waals surface area (Å²) in [6.07, 6.45) is 2.33. The Morgan fingerprint density at radius 2 is 2.19 bits per heavy atom. The number of halogens is 2. The fourth-order valence-corrected chi connectivity index (χ4v) is 2.16. The monoisotopic (exact) mass is 257 g/mol. The van der Waals surface area contributed by atoms with Gasteiger partial charge < -0.3 is 5.32 Å². The molecule has 1 aromatic rings. The van der Waals surface area contributed by atoms with E-state index in [2.05, 4.69) is 5.32 Å². The second-order valence-corrected chi connectivity index (χ2v) is 4.97. The van der Waals surface area contributed by atoms with E-state index in [4.69, 9.17) is 23.2 Å². The van der Waals surface area contributed by atoms with Crippen LogP contribution >= 0.6 is 23.2 Å². The average molecular weight is 258 g/mol. The zero-order valence-electron chi connectivity index (χ0n) is 8.80. The molecule has 2 rings (SSSR count). The molecule has 0 unspecified atom stereocenters. The molecule has 1 N–H and O–H groups in total. The van der Waals surface area contributed by atoms with Crippen LogP contribution in [0, 0.1) is 0 Å². The van der Waals surface area contributed by atoms with Crippen LogP contribution in [0.4, 0.5) is 0 Å². The van der Waals surface area contributed by atoms with Gasteiger partial charge in [0, 0.05) is 10.9 Å². The molecule has 0 aliphatic heterocycles. The van der Waals surface area contributed by atoms with E-state index in [1.807, 2.05) is 12.1 Å². The summed E-state index contributed by atoms with van der Waals surface area (Å²) in [5.41, 5.74) is 0.799. The highest BCUT2D eigenvalue weighted by Crippen LogP contribution is 2.36. The predicted octanol–water partition coefficient (Wildman–Crippen LogP) is 2.77. The minimum absolute atomic E-state index is 0.0143. The third-order valence-corrected chi connectivity index (χ3v) is 3.51. The van der Waals surface area contributed by atoms with Crippen molar-refractivity contribution < 1.29 is 4.79 Å². The number of carbonyl (C=O) groups is 1. The predicted molar refractivity (Wildman–Crippen MR) is 66.0 cm³/mol. The van der Waals surface area contributed by atoms with Gasteiger partial charge in [0.2, 0.25) is 5.91 Å². The Hall–Kier alpha value is -0.730. The number of alkyl halides is 1. The smallest absolute Gasteiger partial charge is 0.224 e. The van der Waals surface area contributed by atoms with E-state index in [0.29, 0.717) is 17.3 Å². The summed E-state index contributed by atoms with van der Waals surface area (Å²) in [6, 6.07) is 7.34. The molecule has 2 nitrogen and oxygen atoms in total. The first-order valence-corrected chi connectivity index (χ1v) is 6.16. The van der Waals surface area contributed by atoms with E-state index in [9.17, 15) is 4.79 Å². The molecule has 1 aliphatic carbocycles. The molecule has 0 atom stereocenters. The van der Waals surface area contributed by atoms with E-state index < -0.39 is 0 Å². The van der Waals surface area contributed by atoms with Gasteiger partial charge in [0.1, 0.15) is 0 Å². The van der Waals surface area contributed by atoms with Crippen molar-refractivity contribution >= 4 is 29.1 Å². The molecular formula is C12H13Cl2NO. The van der Waals surface area contributed by atoms with Crippen LogP contribution in [0.2, 0.25) is 5.02 Å². The molecule has 0 radical (unpaired) electrons. The van der Waals surface area contributed by atoms with Crippen LogP contribution in [-0.4, -0.2) is 17.3 Å². The first-order valence-electron chi connectivity index (χ1n) is 5.25.